The normalized spacial score (nSPS) is 8.69. The molecule has 0 aliphatic carbocycles. The fourth-order valence-corrected chi connectivity index (χ4v) is 0.385. The smallest absolute Gasteiger partial charge is 0.282 e. The van der Waals surface area contributed by atoms with Gasteiger partial charge in [0.2, 0.25) is 0 Å². The molecule has 0 spiro atoms. The molecule has 1 N–H and O–H groups in total. The summed E-state index contributed by atoms with van der Waals surface area (Å²) in [5, 5.41) is 0.465. The van der Waals surface area contributed by atoms with Crippen molar-refractivity contribution in [2.45, 2.75) is 0 Å². The van der Waals surface area contributed by atoms with Gasteiger partial charge in [-0.2, -0.15) is 8.42 Å². The van der Waals surface area contributed by atoms with E-state index in [4.69, 9.17) is 4.55 Å². The second-order valence-corrected chi connectivity index (χ2v) is 3.20. The van der Waals surface area contributed by atoms with Crippen molar-refractivity contribution < 1.29 is 13.0 Å². The Morgan fingerprint density at radius 3 is 1.23 bits per heavy atom. The second kappa shape index (κ2) is 8.72. The Bertz CT molecular complexity index is 269. The Labute approximate surface area is 108 Å². The van der Waals surface area contributed by atoms with Crippen LogP contribution in [0.3, 0.4) is 0 Å². The molecule has 0 amide bonds. The second-order valence-electron chi connectivity index (χ2n) is 1.84. The van der Waals surface area contributed by atoms with Gasteiger partial charge in [-0.3, -0.25) is 4.55 Å². The van der Waals surface area contributed by atoms with E-state index in [9.17, 15) is 8.42 Å². The van der Waals surface area contributed by atoms with Crippen LogP contribution in [0.15, 0.2) is 48.4 Å². The van der Waals surface area contributed by atoms with Crippen molar-refractivity contribution in [3.8, 4) is 0 Å². The van der Waals surface area contributed by atoms with Crippen molar-refractivity contribution in [1.82, 2.24) is 0 Å². The molecule has 0 heterocycles. The Morgan fingerprint density at radius 1 is 1.00 bits per heavy atom. The maximum Gasteiger partial charge on any atom is 0.287 e. The molecule has 0 aliphatic rings. The van der Waals surface area contributed by atoms with Crippen LogP contribution in [0.4, 0.5) is 0 Å². The third-order valence-corrected chi connectivity index (χ3v) is 1.30. The molecule has 0 atom stereocenters. The van der Waals surface area contributed by atoms with Crippen LogP contribution in [0.5, 0.6) is 0 Å². The van der Waals surface area contributed by atoms with Crippen LogP contribution in [0, 0.1) is 0 Å². The molecular weight excluding hydrogens is 216 g/mol. The van der Waals surface area contributed by atoms with E-state index in [1.807, 2.05) is 36.4 Å². The summed E-state index contributed by atoms with van der Waals surface area (Å²) < 4.78 is 26.6. The van der Waals surface area contributed by atoms with Crippen LogP contribution in [0.1, 0.15) is 0 Å². The molecule has 1 aromatic rings. The first-order chi connectivity index (χ1) is 5.56. The third kappa shape index (κ3) is 14.9. The number of benzene rings is 1. The van der Waals surface area contributed by atoms with Crippen LogP contribution < -0.4 is 0 Å². The molecule has 68 valence electrons. The topological polar surface area (TPSA) is 54.4 Å². The zero-order chi connectivity index (χ0) is 9.45. The van der Waals surface area contributed by atoms with Gasteiger partial charge >= 0.3 is 0 Å². The molecule has 3 nitrogen and oxygen atoms in total. The predicted molar refractivity (Wildman–Crippen MR) is 53.9 cm³/mol. The largest absolute Gasteiger partial charge is 0.287 e. The van der Waals surface area contributed by atoms with E-state index < -0.39 is 10.1 Å². The Hall–Kier alpha value is 0.130. The van der Waals surface area contributed by atoms with Gasteiger partial charge in [-0.05, 0) is 0 Å². The van der Waals surface area contributed by atoms with Crippen molar-refractivity contribution in [2.24, 2.45) is 0 Å². The first-order valence-electron chi connectivity index (χ1n) is 3.16. The predicted octanol–water partition coefficient (Wildman–Crippen LogP) is 1.32. The minimum Gasteiger partial charge on any atom is -0.282 e. The molecule has 2 radical (unpaired) electrons. The van der Waals surface area contributed by atoms with E-state index in [0.717, 1.165) is 0 Å². The summed E-state index contributed by atoms with van der Waals surface area (Å²) >= 11 is 0. The molecular formula is C8H10CaO3S. The van der Waals surface area contributed by atoms with Crippen LogP contribution in [0.2, 0.25) is 0 Å². The molecule has 0 saturated heterocycles. The van der Waals surface area contributed by atoms with E-state index >= 15 is 0 Å². The molecule has 1 aromatic carbocycles. The van der Waals surface area contributed by atoms with Gasteiger partial charge in [0.1, 0.15) is 0 Å². The Morgan fingerprint density at radius 2 is 1.15 bits per heavy atom. The maximum atomic E-state index is 9.44. The molecule has 0 unspecified atom stereocenters. The SMILES string of the molecule is C=CS(=O)(=O)O.[Ca].c1ccccc1. The standard InChI is InChI=1S/C6H6.C2H4O3S.Ca/c1-2-4-6-5-3-1;1-2-6(3,4)5;/h1-6H;2H,1H2,(H,3,4,5);. The summed E-state index contributed by atoms with van der Waals surface area (Å²) in [5.41, 5.74) is 0. The zero-order valence-electron chi connectivity index (χ0n) is 7.13. The van der Waals surface area contributed by atoms with Crippen molar-refractivity contribution in [1.29, 1.82) is 0 Å². The van der Waals surface area contributed by atoms with Gasteiger partial charge < -0.3 is 0 Å². The molecule has 1 rings (SSSR count). The molecule has 5 heteroatoms. The first kappa shape index (κ1) is 15.6. The van der Waals surface area contributed by atoms with Crippen molar-refractivity contribution >= 4 is 47.9 Å². The maximum absolute atomic E-state index is 9.44. The van der Waals surface area contributed by atoms with Crippen molar-refractivity contribution in [3.63, 3.8) is 0 Å². The fourth-order valence-electron chi connectivity index (χ4n) is 0.385. The number of hydrogen-bond donors (Lipinski definition) is 1. The van der Waals surface area contributed by atoms with Gasteiger partial charge in [-0.25, -0.2) is 0 Å². The van der Waals surface area contributed by atoms with Crippen LogP contribution in [-0.2, 0) is 10.1 Å². The zero-order valence-corrected chi connectivity index (χ0v) is 10.2. The first-order valence-corrected chi connectivity index (χ1v) is 4.66. The molecule has 0 aliphatic heterocycles. The van der Waals surface area contributed by atoms with Gasteiger partial charge in [0.05, 0.1) is 5.41 Å². The summed E-state index contributed by atoms with van der Waals surface area (Å²) in [6.45, 7) is 2.79. The average molecular weight is 226 g/mol. The molecule has 0 aromatic heterocycles. The van der Waals surface area contributed by atoms with Gasteiger partial charge in [0.25, 0.3) is 10.1 Å². The van der Waals surface area contributed by atoms with Gasteiger partial charge in [0, 0.05) is 37.7 Å². The van der Waals surface area contributed by atoms with Crippen LogP contribution in [-0.4, -0.2) is 50.7 Å². The van der Waals surface area contributed by atoms with Gasteiger partial charge in [-0.1, -0.05) is 43.0 Å². The minimum atomic E-state index is -3.90. The van der Waals surface area contributed by atoms with E-state index in [0.29, 0.717) is 5.41 Å². The number of hydrogen-bond acceptors (Lipinski definition) is 2. The quantitative estimate of drug-likeness (QED) is 0.580. The van der Waals surface area contributed by atoms with Gasteiger partial charge in [0.15, 0.2) is 0 Å². The van der Waals surface area contributed by atoms with Crippen molar-refractivity contribution in [2.75, 3.05) is 0 Å². The summed E-state index contributed by atoms with van der Waals surface area (Å²) in [6.07, 6.45) is 0. The van der Waals surface area contributed by atoms with E-state index in [2.05, 4.69) is 6.58 Å². The van der Waals surface area contributed by atoms with E-state index in [-0.39, 0.29) is 37.7 Å². The Kier molecular flexibility index (Phi) is 10.5. The monoisotopic (exact) mass is 226 g/mol. The summed E-state index contributed by atoms with van der Waals surface area (Å²) in [4.78, 5) is 0. The molecule has 0 fully saturated rings. The molecule has 0 saturated carbocycles. The fraction of sp³-hybridized carbons (Fsp3) is 0. The average Bonchev–Trinajstić information content (AvgIpc) is 2.07. The van der Waals surface area contributed by atoms with Crippen LogP contribution >= 0.6 is 0 Å². The van der Waals surface area contributed by atoms with E-state index in [1.165, 1.54) is 0 Å². The number of rotatable bonds is 1. The summed E-state index contributed by atoms with van der Waals surface area (Å²) in [7, 11) is -3.90. The van der Waals surface area contributed by atoms with Gasteiger partial charge in [-0.15, -0.1) is 0 Å². The summed E-state index contributed by atoms with van der Waals surface area (Å²) in [5.74, 6) is 0. The minimum absolute atomic E-state index is 0. The third-order valence-electron chi connectivity index (χ3n) is 0.877. The molecule has 13 heavy (non-hydrogen) atoms. The van der Waals surface area contributed by atoms with Crippen molar-refractivity contribution in [3.05, 3.63) is 48.4 Å². The van der Waals surface area contributed by atoms with E-state index in [1.54, 1.807) is 0 Å². The Balaban J connectivity index is 0. The molecule has 0 bridgehead atoms. The van der Waals surface area contributed by atoms with Crippen LogP contribution in [0.25, 0.3) is 0 Å². The summed E-state index contributed by atoms with van der Waals surface area (Å²) in [6, 6.07) is 12.0.